The molecule has 0 radical (unpaired) electrons. The highest BCUT2D eigenvalue weighted by Crippen LogP contribution is 2.39. The Bertz CT molecular complexity index is 720. The number of hydrogen-bond acceptors (Lipinski definition) is 6. The van der Waals surface area contributed by atoms with Crippen LogP contribution in [0.2, 0.25) is 0 Å². The topological polar surface area (TPSA) is 68.8 Å². The summed E-state index contributed by atoms with van der Waals surface area (Å²) < 4.78 is 17.4. The standard InChI is InChI=1S/C26H44N2O4S/c1-6-20-17-33-22(15-21(20)25(2,3)18-32-23-9-7-8-12-31-23)28-24(29)26(4,5)27-16-19-10-13-30-14-11-19/h15,19,23,27H,6-14,16-18H2,1-5H3,(H,28,29). The maximum Gasteiger partial charge on any atom is 0.244 e. The van der Waals surface area contributed by atoms with Crippen molar-refractivity contribution in [2.75, 3.05) is 38.7 Å². The van der Waals surface area contributed by atoms with Gasteiger partial charge in [0.05, 0.1) is 17.2 Å². The van der Waals surface area contributed by atoms with E-state index in [4.69, 9.17) is 14.2 Å². The molecule has 1 amide bonds. The fourth-order valence-electron chi connectivity index (χ4n) is 4.48. The lowest BCUT2D eigenvalue weighted by Gasteiger charge is -2.34. The fourth-order valence-corrected chi connectivity index (χ4v) is 5.53. The Balaban J connectivity index is 1.60. The van der Waals surface area contributed by atoms with Gasteiger partial charge in [0.2, 0.25) is 5.91 Å². The predicted molar refractivity (Wildman–Crippen MR) is 135 cm³/mol. The number of carbonyl (C=O) groups excluding carboxylic acids is 1. The van der Waals surface area contributed by atoms with Gasteiger partial charge in [0.15, 0.2) is 6.29 Å². The van der Waals surface area contributed by atoms with Crippen LogP contribution >= 0.6 is 11.8 Å². The first-order valence-electron chi connectivity index (χ1n) is 12.7. The van der Waals surface area contributed by atoms with E-state index < -0.39 is 5.54 Å². The van der Waals surface area contributed by atoms with Crippen molar-refractivity contribution in [1.29, 1.82) is 0 Å². The van der Waals surface area contributed by atoms with Crippen molar-refractivity contribution >= 4 is 17.7 Å². The van der Waals surface area contributed by atoms with Crippen LogP contribution in [0.25, 0.3) is 0 Å². The van der Waals surface area contributed by atoms with Crippen molar-refractivity contribution in [3.8, 4) is 0 Å². The van der Waals surface area contributed by atoms with Gasteiger partial charge in [-0.05, 0) is 76.5 Å². The minimum absolute atomic E-state index is 0.0114. The van der Waals surface area contributed by atoms with Crippen molar-refractivity contribution in [3.63, 3.8) is 0 Å². The first-order valence-corrected chi connectivity index (χ1v) is 13.6. The molecule has 0 aromatic carbocycles. The lowest BCUT2D eigenvalue weighted by atomic mass is 9.81. The smallest absolute Gasteiger partial charge is 0.244 e. The van der Waals surface area contributed by atoms with Gasteiger partial charge in [0.1, 0.15) is 0 Å². The third kappa shape index (κ3) is 7.82. The molecular weight excluding hydrogens is 436 g/mol. The van der Waals surface area contributed by atoms with Gasteiger partial charge in [0.25, 0.3) is 0 Å². The van der Waals surface area contributed by atoms with E-state index in [1.54, 1.807) is 11.8 Å². The van der Waals surface area contributed by atoms with Gasteiger partial charge < -0.3 is 24.8 Å². The van der Waals surface area contributed by atoms with Crippen molar-refractivity contribution in [2.24, 2.45) is 11.3 Å². The first kappa shape index (κ1) is 26.7. The number of amides is 1. The van der Waals surface area contributed by atoms with E-state index in [9.17, 15) is 4.79 Å². The third-order valence-electron chi connectivity index (χ3n) is 6.96. The van der Waals surface area contributed by atoms with E-state index in [0.717, 1.165) is 69.3 Å². The molecule has 0 aromatic rings. The zero-order valence-electron chi connectivity index (χ0n) is 21.3. The van der Waals surface area contributed by atoms with Crippen LogP contribution in [-0.2, 0) is 19.0 Å². The van der Waals surface area contributed by atoms with Gasteiger partial charge in [0, 0.05) is 31.0 Å². The lowest BCUT2D eigenvalue weighted by molar-refractivity contribution is -0.173. The summed E-state index contributed by atoms with van der Waals surface area (Å²) in [6, 6.07) is 0. The average Bonchev–Trinajstić information content (AvgIpc) is 2.83. The Kier molecular flexibility index (Phi) is 9.89. The van der Waals surface area contributed by atoms with Crippen LogP contribution in [0.4, 0.5) is 0 Å². The molecule has 0 bridgehead atoms. The van der Waals surface area contributed by atoms with E-state index in [-0.39, 0.29) is 17.6 Å². The minimum atomic E-state index is -0.633. The van der Waals surface area contributed by atoms with Crippen LogP contribution in [0.3, 0.4) is 0 Å². The number of thioether (sulfide) groups is 1. The normalized spacial score (nSPS) is 23.4. The first-order chi connectivity index (χ1) is 15.7. The summed E-state index contributed by atoms with van der Waals surface area (Å²) in [6.07, 6.45) is 8.46. The van der Waals surface area contributed by atoms with Gasteiger partial charge in [-0.25, -0.2) is 0 Å². The van der Waals surface area contributed by atoms with E-state index in [1.807, 2.05) is 13.8 Å². The quantitative estimate of drug-likeness (QED) is 0.470. The van der Waals surface area contributed by atoms with Crippen LogP contribution in [0, 0.1) is 11.3 Å². The number of carbonyl (C=O) groups is 1. The summed E-state index contributed by atoms with van der Waals surface area (Å²) >= 11 is 1.71. The third-order valence-corrected chi connectivity index (χ3v) is 7.98. The number of rotatable bonds is 10. The van der Waals surface area contributed by atoms with Crippen LogP contribution < -0.4 is 10.6 Å². The largest absolute Gasteiger partial charge is 0.381 e. The van der Waals surface area contributed by atoms with Gasteiger partial charge in [-0.1, -0.05) is 26.3 Å². The maximum atomic E-state index is 13.1. The molecule has 0 saturated carbocycles. The molecule has 7 heteroatoms. The summed E-state index contributed by atoms with van der Waals surface area (Å²) in [5.41, 5.74) is 1.92. The summed E-state index contributed by atoms with van der Waals surface area (Å²) in [7, 11) is 0. The molecular formula is C26H44N2O4S. The molecule has 1 atom stereocenters. The SMILES string of the molecule is CCC1=C(C(C)(C)COC2CCCCO2)C=C(NC(=O)C(C)(C)NCC2CCOCC2)SC1. The molecule has 0 aromatic heterocycles. The van der Waals surface area contributed by atoms with Crippen molar-refractivity contribution < 1.29 is 19.0 Å². The minimum Gasteiger partial charge on any atom is -0.381 e. The van der Waals surface area contributed by atoms with Crippen molar-refractivity contribution in [3.05, 3.63) is 22.3 Å². The second-order valence-electron chi connectivity index (χ2n) is 10.7. The summed E-state index contributed by atoms with van der Waals surface area (Å²) in [6.45, 7) is 14.5. The second-order valence-corrected chi connectivity index (χ2v) is 11.7. The zero-order valence-corrected chi connectivity index (χ0v) is 22.1. The van der Waals surface area contributed by atoms with Crippen LogP contribution in [-0.4, -0.2) is 56.5 Å². The predicted octanol–water partition coefficient (Wildman–Crippen LogP) is 4.76. The fraction of sp³-hybridized carbons (Fsp3) is 0.808. The lowest BCUT2D eigenvalue weighted by Crippen LogP contribution is -2.53. The van der Waals surface area contributed by atoms with Gasteiger partial charge >= 0.3 is 0 Å². The molecule has 1 unspecified atom stereocenters. The molecule has 0 spiro atoms. The highest BCUT2D eigenvalue weighted by Gasteiger charge is 2.32. The van der Waals surface area contributed by atoms with Crippen LogP contribution in [0.1, 0.15) is 73.1 Å². The maximum absolute atomic E-state index is 13.1. The Labute approximate surface area is 204 Å². The van der Waals surface area contributed by atoms with E-state index in [1.165, 1.54) is 17.6 Å². The average molecular weight is 481 g/mol. The molecule has 3 rings (SSSR count). The number of ether oxygens (including phenoxy) is 3. The Hall–Kier alpha value is -0.860. The Morgan fingerprint density at radius 3 is 2.58 bits per heavy atom. The van der Waals surface area contributed by atoms with E-state index in [0.29, 0.717) is 12.5 Å². The summed E-state index contributed by atoms with van der Waals surface area (Å²) in [5, 5.41) is 7.61. The molecule has 188 valence electrons. The number of nitrogens with one attached hydrogen (secondary N) is 2. The molecule has 3 heterocycles. The Morgan fingerprint density at radius 1 is 1.15 bits per heavy atom. The second kappa shape index (κ2) is 12.2. The van der Waals surface area contributed by atoms with E-state index in [2.05, 4.69) is 37.5 Å². The van der Waals surface area contributed by atoms with Gasteiger partial charge in [-0.2, -0.15) is 0 Å². The van der Waals surface area contributed by atoms with Gasteiger partial charge in [-0.3, -0.25) is 4.79 Å². The molecule has 2 fully saturated rings. The summed E-state index contributed by atoms with van der Waals surface area (Å²) in [5.74, 6) is 1.49. The monoisotopic (exact) mass is 480 g/mol. The molecule has 2 N–H and O–H groups in total. The van der Waals surface area contributed by atoms with Crippen molar-refractivity contribution in [1.82, 2.24) is 10.6 Å². The van der Waals surface area contributed by atoms with E-state index >= 15 is 0 Å². The molecule has 0 aliphatic carbocycles. The molecule has 3 aliphatic heterocycles. The highest BCUT2D eigenvalue weighted by molar-refractivity contribution is 8.03. The molecule has 33 heavy (non-hydrogen) atoms. The van der Waals surface area contributed by atoms with Gasteiger partial charge in [-0.15, -0.1) is 11.8 Å². The highest BCUT2D eigenvalue weighted by atomic mass is 32.2. The zero-order chi connectivity index (χ0) is 23.9. The molecule has 3 aliphatic rings. The number of hydrogen-bond donors (Lipinski definition) is 2. The van der Waals surface area contributed by atoms with Crippen LogP contribution in [0.15, 0.2) is 22.3 Å². The summed E-state index contributed by atoms with van der Waals surface area (Å²) in [4.78, 5) is 13.1. The van der Waals surface area contributed by atoms with Crippen molar-refractivity contribution in [2.45, 2.75) is 85.0 Å². The number of allylic oxidation sites excluding steroid dienone is 1. The molecule has 6 nitrogen and oxygen atoms in total. The molecule has 2 saturated heterocycles. The van der Waals surface area contributed by atoms with Crippen LogP contribution in [0.5, 0.6) is 0 Å². The Morgan fingerprint density at radius 2 is 1.91 bits per heavy atom.